The topological polar surface area (TPSA) is 43.4 Å². The lowest BCUT2D eigenvalue weighted by Crippen LogP contribution is -2.03. The minimum Gasteiger partial charge on any atom is -0.490 e. The SMILES string of the molecule is CCNc1c(C)c(C)nc2cc3c(cc12)OCCCO3. The van der Waals surface area contributed by atoms with Gasteiger partial charge in [-0.1, -0.05) is 0 Å². The Balaban J connectivity index is 2.25. The first kappa shape index (κ1) is 13.0. The Bertz CT molecular complexity index is 653. The van der Waals surface area contributed by atoms with Gasteiger partial charge in [-0.15, -0.1) is 0 Å². The van der Waals surface area contributed by atoms with E-state index in [1.54, 1.807) is 0 Å². The molecule has 0 spiro atoms. The van der Waals surface area contributed by atoms with Gasteiger partial charge in [-0.2, -0.15) is 0 Å². The van der Waals surface area contributed by atoms with Crippen molar-refractivity contribution >= 4 is 16.6 Å². The lowest BCUT2D eigenvalue weighted by atomic mass is 10.1. The summed E-state index contributed by atoms with van der Waals surface area (Å²) in [5.41, 5.74) is 4.33. The number of hydrogen-bond donors (Lipinski definition) is 1. The summed E-state index contributed by atoms with van der Waals surface area (Å²) in [5.74, 6) is 1.62. The van der Waals surface area contributed by atoms with E-state index in [0.717, 1.165) is 46.7 Å². The maximum absolute atomic E-state index is 5.78. The predicted octanol–water partition coefficient (Wildman–Crippen LogP) is 3.44. The zero-order chi connectivity index (χ0) is 14.1. The molecule has 106 valence electrons. The molecule has 1 aliphatic heterocycles. The number of hydrogen-bond acceptors (Lipinski definition) is 4. The summed E-state index contributed by atoms with van der Waals surface area (Å²) in [6.07, 6.45) is 0.913. The Morgan fingerprint density at radius 1 is 1.15 bits per heavy atom. The molecule has 0 unspecified atom stereocenters. The third kappa shape index (κ3) is 2.15. The first-order chi connectivity index (χ1) is 9.70. The largest absolute Gasteiger partial charge is 0.490 e. The fourth-order valence-electron chi connectivity index (χ4n) is 2.54. The number of pyridine rings is 1. The van der Waals surface area contributed by atoms with Crippen molar-refractivity contribution in [3.63, 3.8) is 0 Å². The highest BCUT2D eigenvalue weighted by Crippen LogP contribution is 2.37. The molecule has 3 rings (SSSR count). The maximum Gasteiger partial charge on any atom is 0.163 e. The average Bonchev–Trinajstić information content (AvgIpc) is 2.67. The molecule has 0 atom stereocenters. The van der Waals surface area contributed by atoms with Crippen LogP contribution in [0.5, 0.6) is 11.5 Å². The molecule has 4 heteroatoms. The van der Waals surface area contributed by atoms with Gasteiger partial charge in [0, 0.05) is 35.8 Å². The summed E-state index contributed by atoms with van der Waals surface area (Å²) in [4.78, 5) is 4.68. The lowest BCUT2D eigenvalue weighted by Gasteiger charge is -2.15. The van der Waals surface area contributed by atoms with Crippen LogP contribution in [-0.4, -0.2) is 24.7 Å². The molecule has 0 bridgehead atoms. The van der Waals surface area contributed by atoms with Crippen molar-refractivity contribution in [3.8, 4) is 11.5 Å². The Hall–Kier alpha value is -1.97. The number of anilines is 1. The summed E-state index contributed by atoms with van der Waals surface area (Å²) in [5, 5.41) is 4.54. The zero-order valence-electron chi connectivity index (χ0n) is 12.2. The number of aromatic nitrogens is 1. The molecule has 0 amide bonds. The Morgan fingerprint density at radius 2 is 1.85 bits per heavy atom. The lowest BCUT2D eigenvalue weighted by molar-refractivity contribution is 0.297. The summed E-state index contributed by atoms with van der Waals surface area (Å²) < 4.78 is 11.5. The Labute approximate surface area is 119 Å². The summed E-state index contributed by atoms with van der Waals surface area (Å²) in [7, 11) is 0. The van der Waals surface area contributed by atoms with Crippen LogP contribution in [0.25, 0.3) is 10.9 Å². The van der Waals surface area contributed by atoms with Gasteiger partial charge in [0.25, 0.3) is 0 Å². The van der Waals surface area contributed by atoms with Crippen molar-refractivity contribution in [2.45, 2.75) is 27.2 Å². The van der Waals surface area contributed by atoms with E-state index in [9.17, 15) is 0 Å². The highest BCUT2D eigenvalue weighted by molar-refractivity contribution is 5.95. The van der Waals surface area contributed by atoms with Gasteiger partial charge >= 0.3 is 0 Å². The van der Waals surface area contributed by atoms with E-state index < -0.39 is 0 Å². The van der Waals surface area contributed by atoms with E-state index in [-0.39, 0.29) is 0 Å². The van der Waals surface area contributed by atoms with Crippen LogP contribution in [0.1, 0.15) is 24.6 Å². The van der Waals surface area contributed by atoms with E-state index in [2.05, 4.69) is 24.1 Å². The molecule has 0 saturated carbocycles. The first-order valence-corrected chi connectivity index (χ1v) is 7.15. The van der Waals surface area contributed by atoms with Crippen molar-refractivity contribution < 1.29 is 9.47 Å². The Kier molecular flexibility index (Phi) is 3.38. The van der Waals surface area contributed by atoms with Crippen molar-refractivity contribution in [3.05, 3.63) is 23.4 Å². The number of ether oxygens (including phenoxy) is 2. The van der Waals surface area contributed by atoms with Crippen molar-refractivity contribution in [2.75, 3.05) is 25.1 Å². The van der Waals surface area contributed by atoms with Crippen molar-refractivity contribution in [1.29, 1.82) is 0 Å². The van der Waals surface area contributed by atoms with E-state index in [1.165, 1.54) is 5.56 Å². The Morgan fingerprint density at radius 3 is 2.55 bits per heavy atom. The van der Waals surface area contributed by atoms with Crippen molar-refractivity contribution in [1.82, 2.24) is 4.98 Å². The highest BCUT2D eigenvalue weighted by atomic mass is 16.5. The van der Waals surface area contributed by atoms with Gasteiger partial charge in [-0.3, -0.25) is 4.98 Å². The molecule has 1 aliphatic rings. The molecule has 0 saturated heterocycles. The van der Waals surface area contributed by atoms with E-state index in [0.29, 0.717) is 13.2 Å². The second-order valence-corrected chi connectivity index (χ2v) is 5.09. The van der Waals surface area contributed by atoms with Crippen LogP contribution in [0.3, 0.4) is 0 Å². The second-order valence-electron chi connectivity index (χ2n) is 5.09. The molecule has 20 heavy (non-hydrogen) atoms. The molecule has 1 N–H and O–H groups in total. The summed E-state index contributed by atoms with van der Waals surface area (Å²) in [6, 6.07) is 4.04. The van der Waals surface area contributed by atoms with E-state index >= 15 is 0 Å². The highest BCUT2D eigenvalue weighted by Gasteiger charge is 2.16. The van der Waals surface area contributed by atoms with Gasteiger partial charge in [-0.05, 0) is 32.4 Å². The fourth-order valence-corrected chi connectivity index (χ4v) is 2.54. The van der Waals surface area contributed by atoms with Crippen LogP contribution in [-0.2, 0) is 0 Å². The van der Waals surface area contributed by atoms with Gasteiger partial charge in [0.2, 0.25) is 0 Å². The molecule has 0 radical (unpaired) electrons. The number of nitrogens with one attached hydrogen (secondary N) is 1. The quantitative estimate of drug-likeness (QED) is 0.909. The van der Waals surface area contributed by atoms with Crippen molar-refractivity contribution in [2.24, 2.45) is 0 Å². The van der Waals surface area contributed by atoms with Crippen LogP contribution >= 0.6 is 0 Å². The molecule has 0 aliphatic carbocycles. The van der Waals surface area contributed by atoms with Crippen LogP contribution in [0, 0.1) is 13.8 Å². The monoisotopic (exact) mass is 272 g/mol. The second kappa shape index (κ2) is 5.19. The van der Waals surface area contributed by atoms with Crippen LogP contribution in [0.4, 0.5) is 5.69 Å². The zero-order valence-corrected chi connectivity index (χ0v) is 12.2. The van der Waals surface area contributed by atoms with Crippen LogP contribution in [0.15, 0.2) is 12.1 Å². The number of aryl methyl sites for hydroxylation is 1. The average molecular weight is 272 g/mol. The summed E-state index contributed by atoms with van der Waals surface area (Å²) >= 11 is 0. The standard InChI is InChI=1S/C16H20N2O2/c1-4-17-16-10(2)11(3)18-13-9-15-14(8-12(13)16)19-6-5-7-20-15/h8-9H,4-7H2,1-3H3,(H,17,18). The maximum atomic E-state index is 5.78. The van der Waals surface area contributed by atoms with Gasteiger partial charge < -0.3 is 14.8 Å². The van der Waals surface area contributed by atoms with E-state index in [1.807, 2.05) is 19.1 Å². The normalized spacial score (nSPS) is 14.2. The molecule has 2 aromatic rings. The number of benzene rings is 1. The number of fused-ring (bicyclic) bond motifs is 2. The fraction of sp³-hybridized carbons (Fsp3) is 0.438. The number of nitrogens with zero attached hydrogens (tertiary/aromatic N) is 1. The molecule has 1 aromatic heterocycles. The van der Waals surface area contributed by atoms with Crippen LogP contribution < -0.4 is 14.8 Å². The third-order valence-corrected chi connectivity index (χ3v) is 3.69. The number of rotatable bonds is 2. The molecule has 1 aromatic carbocycles. The summed E-state index contributed by atoms with van der Waals surface area (Å²) in [6.45, 7) is 8.52. The molecule has 0 fully saturated rings. The van der Waals surface area contributed by atoms with Gasteiger partial charge in [0.05, 0.1) is 18.7 Å². The van der Waals surface area contributed by atoms with Gasteiger partial charge in [0.15, 0.2) is 11.5 Å². The van der Waals surface area contributed by atoms with Gasteiger partial charge in [-0.25, -0.2) is 0 Å². The smallest absolute Gasteiger partial charge is 0.163 e. The molecule has 4 nitrogen and oxygen atoms in total. The minimum absolute atomic E-state index is 0.698. The first-order valence-electron chi connectivity index (χ1n) is 7.15. The third-order valence-electron chi connectivity index (χ3n) is 3.69. The minimum atomic E-state index is 0.698. The molecular formula is C16H20N2O2. The van der Waals surface area contributed by atoms with Crippen LogP contribution in [0.2, 0.25) is 0 Å². The molecular weight excluding hydrogens is 252 g/mol. The van der Waals surface area contributed by atoms with E-state index in [4.69, 9.17) is 9.47 Å². The predicted molar refractivity (Wildman–Crippen MR) is 81.0 cm³/mol. The molecule has 2 heterocycles. The van der Waals surface area contributed by atoms with Gasteiger partial charge in [0.1, 0.15) is 0 Å².